The topological polar surface area (TPSA) is 153 Å². The van der Waals surface area contributed by atoms with E-state index in [0.29, 0.717) is 44.8 Å². The van der Waals surface area contributed by atoms with Gasteiger partial charge < -0.3 is 9.13 Å². The van der Waals surface area contributed by atoms with Gasteiger partial charge in [0.05, 0.1) is 103 Å². The van der Waals surface area contributed by atoms with Crippen molar-refractivity contribution in [3.8, 4) is 103 Å². The van der Waals surface area contributed by atoms with Gasteiger partial charge in [-0.25, -0.2) is 0 Å². The van der Waals surface area contributed by atoms with E-state index in [4.69, 9.17) is 0 Å². The Morgan fingerprint density at radius 3 is 0.743 bits per heavy atom. The second-order valence-corrected chi connectivity index (χ2v) is 18.1. The van der Waals surface area contributed by atoms with Crippen molar-refractivity contribution in [1.82, 2.24) is 9.13 Å². The summed E-state index contributed by atoms with van der Waals surface area (Å²) in [5.74, 6) is 0. The number of rotatable bonds is 7. The first kappa shape index (κ1) is 44.0. The van der Waals surface area contributed by atoms with E-state index in [1.54, 1.807) is 30.3 Å². The number of hydrogen-bond donors (Lipinski definition) is 0. The SMILES string of the molecule is N#Cc1cccc(-c2ccc3c4ccc(-c5cccc(C#N)c5)cc4n(-c4cc(C#N)cc(-n5c6cc(-c7cccc(C#N)c7)ccc6c6ccc(-c7cccc(C#N)c7)cc65)c4-c4cccc(C#N)c4)c3c2)c1. The van der Waals surface area contributed by atoms with Gasteiger partial charge in [0, 0.05) is 27.1 Å². The molecule has 74 heavy (non-hydrogen) atoms. The van der Waals surface area contributed by atoms with Crippen molar-refractivity contribution in [1.29, 1.82) is 31.6 Å². The Bertz CT molecular complexity index is 4150. The summed E-state index contributed by atoms with van der Waals surface area (Å²) in [5, 5.41) is 65.2. The van der Waals surface area contributed by atoms with Crippen molar-refractivity contribution < 1.29 is 0 Å². The highest BCUT2D eigenvalue weighted by Crippen LogP contribution is 2.45. The molecule has 0 amide bonds. The maximum absolute atomic E-state index is 11.2. The third kappa shape index (κ3) is 7.44. The van der Waals surface area contributed by atoms with Crippen LogP contribution < -0.4 is 0 Å². The van der Waals surface area contributed by atoms with E-state index in [0.717, 1.165) is 99.2 Å². The molecule has 0 saturated heterocycles. The molecule has 0 aliphatic rings. The van der Waals surface area contributed by atoms with E-state index in [-0.39, 0.29) is 0 Å². The van der Waals surface area contributed by atoms with Gasteiger partial charge in [0.1, 0.15) is 0 Å². The van der Waals surface area contributed by atoms with Crippen LogP contribution in [0.15, 0.2) is 206 Å². The normalized spacial score (nSPS) is 10.9. The highest BCUT2D eigenvalue weighted by Gasteiger charge is 2.25. The van der Waals surface area contributed by atoms with E-state index in [1.165, 1.54) is 0 Å². The highest BCUT2D eigenvalue weighted by atomic mass is 15.0. The predicted octanol–water partition coefficient (Wildman–Crippen LogP) is 15.4. The molecular weight excluding hydrogens is 905 g/mol. The van der Waals surface area contributed by atoms with Crippen LogP contribution >= 0.6 is 0 Å². The first-order valence-corrected chi connectivity index (χ1v) is 23.6. The maximum Gasteiger partial charge on any atom is 0.0993 e. The molecule has 0 saturated carbocycles. The van der Waals surface area contributed by atoms with Crippen LogP contribution in [0.1, 0.15) is 33.4 Å². The van der Waals surface area contributed by atoms with Crippen LogP contribution in [0, 0.1) is 68.0 Å². The Hall–Kier alpha value is -11.3. The minimum Gasteiger partial charge on any atom is -0.308 e. The predicted molar refractivity (Wildman–Crippen MR) is 291 cm³/mol. The lowest BCUT2D eigenvalue weighted by Crippen LogP contribution is -2.05. The van der Waals surface area contributed by atoms with Crippen molar-refractivity contribution in [2.75, 3.05) is 0 Å². The zero-order chi connectivity index (χ0) is 50.5. The molecule has 10 aromatic carbocycles. The Morgan fingerprint density at radius 1 is 0.230 bits per heavy atom. The summed E-state index contributed by atoms with van der Waals surface area (Å²) >= 11 is 0. The van der Waals surface area contributed by atoms with Crippen molar-refractivity contribution in [3.63, 3.8) is 0 Å². The largest absolute Gasteiger partial charge is 0.308 e. The number of fused-ring (bicyclic) bond motifs is 6. The number of nitrogens with zero attached hydrogens (tertiary/aromatic N) is 8. The van der Waals surface area contributed by atoms with Crippen LogP contribution in [0.3, 0.4) is 0 Å². The molecule has 0 fully saturated rings. The Labute approximate surface area is 425 Å². The molecule has 0 unspecified atom stereocenters. The van der Waals surface area contributed by atoms with Crippen molar-refractivity contribution in [2.45, 2.75) is 0 Å². The summed E-state index contributed by atoms with van der Waals surface area (Å²) in [5.41, 5.74) is 16.1. The Morgan fingerprint density at radius 2 is 0.473 bits per heavy atom. The molecule has 0 aliphatic carbocycles. The molecule has 0 atom stereocenters. The maximum atomic E-state index is 11.2. The van der Waals surface area contributed by atoms with Gasteiger partial charge in [0.15, 0.2) is 0 Å². The molecular formula is C66H34N8. The standard InChI is InChI=1S/C66H34N8/c67-35-41-6-1-11-47(24-41)51-16-20-56-57-21-17-52(48-12-2-7-42(25-48)36-68)32-61(57)73(60(56)31-51)64-29-46(40-72)30-65(66(64)55-15-5-10-45(28-55)39-71)74-62-33-53(49-13-3-8-43(26-49)37-69)18-22-58(62)59-23-19-54(34-63(59)74)50-14-4-9-44(27-50)38-70/h1-34H. The zero-order valence-electron chi connectivity index (χ0n) is 39.2. The van der Waals surface area contributed by atoms with Crippen molar-refractivity contribution >= 4 is 43.6 Å². The van der Waals surface area contributed by atoms with Crippen LogP contribution in [0.4, 0.5) is 0 Å². The Kier molecular flexibility index (Phi) is 10.7. The van der Waals surface area contributed by atoms with Gasteiger partial charge >= 0.3 is 0 Å². The molecule has 338 valence electrons. The average Bonchev–Trinajstić information content (AvgIpc) is 3.99. The van der Waals surface area contributed by atoms with Gasteiger partial charge in [-0.15, -0.1) is 0 Å². The van der Waals surface area contributed by atoms with Gasteiger partial charge in [-0.1, -0.05) is 109 Å². The summed E-state index contributed by atoms with van der Waals surface area (Å²) in [6, 6.07) is 80.6. The number of aromatic nitrogens is 2. The molecule has 2 aromatic heterocycles. The van der Waals surface area contributed by atoms with Crippen LogP contribution in [-0.4, -0.2) is 9.13 Å². The lowest BCUT2D eigenvalue weighted by Gasteiger charge is -2.21. The molecule has 12 aromatic rings. The molecule has 0 bridgehead atoms. The molecule has 0 aliphatic heterocycles. The van der Waals surface area contributed by atoms with E-state index in [1.807, 2.05) is 103 Å². The van der Waals surface area contributed by atoms with Crippen LogP contribution in [0.5, 0.6) is 0 Å². The average molecular weight is 939 g/mol. The van der Waals surface area contributed by atoms with Crippen LogP contribution in [0.25, 0.3) is 111 Å². The molecule has 8 heteroatoms. The van der Waals surface area contributed by atoms with Gasteiger partial charge in [0.2, 0.25) is 0 Å². The number of nitriles is 6. The van der Waals surface area contributed by atoms with E-state index >= 15 is 0 Å². The van der Waals surface area contributed by atoms with Crippen molar-refractivity contribution in [2.24, 2.45) is 0 Å². The summed E-state index contributed by atoms with van der Waals surface area (Å²) in [4.78, 5) is 0. The summed E-state index contributed by atoms with van der Waals surface area (Å²) in [6.07, 6.45) is 0. The Balaban J connectivity index is 1.25. The molecule has 8 nitrogen and oxygen atoms in total. The minimum atomic E-state index is 0.381. The fourth-order valence-corrected chi connectivity index (χ4v) is 10.4. The first-order chi connectivity index (χ1) is 36.4. The smallest absolute Gasteiger partial charge is 0.0993 e. The van der Waals surface area contributed by atoms with E-state index < -0.39 is 0 Å². The van der Waals surface area contributed by atoms with Gasteiger partial charge in [-0.2, -0.15) is 31.6 Å². The van der Waals surface area contributed by atoms with E-state index in [2.05, 4.69) is 118 Å². The molecule has 12 rings (SSSR count). The van der Waals surface area contributed by atoms with Gasteiger partial charge in [-0.3, -0.25) is 0 Å². The molecule has 2 heterocycles. The lowest BCUT2D eigenvalue weighted by atomic mass is 9.96. The summed E-state index contributed by atoms with van der Waals surface area (Å²) in [7, 11) is 0. The number of hydrogen-bond acceptors (Lipinski definition) is 6. The van der Waals surface area contributed by atoms with Gasteiger partial charge in [-0.05, 0) is 147 Å². The first-order valence-electron chi connectivity index (χ1n) is 23.6. The van der Waals surface area contributed by atoms with Crippen LogP contribution in [-0.2, 0) is 0 Å². The monoisotopic (exact) mass is 938 g/mol. The fraction of sp³-hybridized carbons (Fsp3) is 0. The summed E-state index contributed by atoms with van der Waals surface area (Å²) in [6.45, 7) is 0. The third-order valence-corrected chi connectivity index (χ3v) is 13.8. The van der Waals surface area contributed by atoms with E-state index in [9.17, 15) is 31.6 Å². The molecule has 0 N–H and O–H groups in total. The lowest BCUT2D eigenvalue weighted by molar-refractivity contribution is 1.13. The third-order valence-electron chi connectivity index (χ3n) is 13.8. The van der Waals surface area contributed by atoms with Crippen molar-refractivity contribution in [3.05, 3.63) is 240 Å². The number of benzene rings is 10. The fourth-order valence-electron chi connectivity index (χ4n) is 10.4. The minimum absolute atomic E-state index is 0.381. The highest BCUT2D eigenvalue weighted by molar-refractivity contribution is 6.14. The molecule has 0 spiro atoms. The summed E-state index contributed by atoms with van der Waals surface area (Å²) < 4.78 is 4.40. The quantitative estimate of drug-likeness (QED) is 0.155. The zero-order valence-corrected chi connectivity index (χ0v) is 39.2. The van der Waals surface area contributed by atoms with Gasteiger partial charge in [0.25, 0.3) is 0 Å². The second-order valence-electron chi connectivity index (χ2n) is 18.1. The second kappa shape index (κ2) is 17.9. The van der Waals surface area contributed by atoms with Crippen LogP contribution in [0.2, 0.25) is 0 Å². The molecule has 0 radical (unpaired) electrons.